The van der Waals surface area contributed by atoms with Crippen LogP contribution in [-0.4, -0.2) is 15.7 Å². The monoisotopic (exact) mass is 338 g/mol. The number of hydrogen-bond donors (Lipinski definition) is 2. The van der Waals surface area contributed by atoms with Crippen LogP contribution in [0.5, 0.6) is 0 Å². The fourth-order valence-corrected chi connectivity index (χ4v) is 2.87. The highest BCUT2D eigenvalue weighted by Gasteiger charge is 2.10. The summed E-state index contributed by atoms with van der Waals surface area (Å²) in [5.41, 5.74) is 5.05. The van der Waals surface area contributed by atoms with Gasteiger partial charge in [-0.3, -0.25) is 4.98 Å². The molecular weight excluding hydrogens is 320 g/mol. The van der Waals surface area contributed by atoms with E-state index in [1.54, 1.807) is 6.20 Å². The van der Waals surface area contributed by atoms with E-state index in [2.05, 4.69) is 22.2 Å². The van der Waals surface area contributed by atoms with E-state index in [9.17, 15) is 0 Å². The summed E-state index contributed by atoms with van der Waals surface area (Å²) < 4.78 is 0. The highest BCUT2D eigenvalue weighted by Crippen LogP contribution is 2.27. The lowest BCUT2D eigenvalue weighted by molar-refractivity contribution is 0.986. The second-order valence-electron chi connectivity index (χ2n) is 5.74. The Morgan fingerprint density at radius 3 is 2.83 bits per heavy atom. The van der Waals surface area contributed by atoms with Gasteiger partial charge >= 0.3 is 0 Å². The van der Waals surface area contributed by atoms with Crippen molar-refractivity contribution in [3.05, 3.63) is 59.0 Å². The Morgan fingerprint density at radius 1 is 1.25 bits per heavy atom. The molecule has 122 valence electrons. The van der Waals surface area contributed by atoms with Crippen LogP contribution in [0.25, 0.3) is 10.9 Å². The topological polar surface area (TPSA) is 61.7 Å². The molecule has 0 saturated carbocycles. The second kappa shape index (κ2) is 6.97. The van der Waals surface area contributed by atoms with Crippen LogP contribution < -0.4 is 5.32 Å². The zero-order valence-electron chi connectivity index (χ0n) is 13.7. The molecule has 0 radical (unpaired) electrons. The average molecular weight is 339 g/mol. The van der Waals surface area contributed by atoms with Gasteiger partial charge in [-0.15, -0.1) is 0 Å². The molecule has 24 heavy (non-hydrogen) atoms. The van der Waals surface area contributed by atoms with Gasteiger partial charge in [0, 0.05) is 34.2 Å². The molecule has 5 heteroatoms. The highest BCUT2D eigenvalue weighted by atomic mass is 35.5. The van der Waals surface area contributed by atoms with Crippen LogP contribution in [0.15, 0.2) is 42.6 Å². The van der Waals surface area contributed by atoms with Crippen LogP contribution in [0.4, 0.5) is 11.4 Å². The van der Waals surface area contributed by atoms with Gasteiger partial charge in [0.2, 0.25) is 0 Å². The third-order valence-electron chi connectivity index (χ3n) is 3.80. The van der Waals surface area contributed by atoms with Crippen molar-refractivity contribution in [2.45, 2.75) is 26.7 Å². The Labute approximate surface area is 146 Å². The lowest BCUT2D eigenvalue weighted by Crippen LogP contribution is -2.02. The Hall–Kier alpha value is -2.46. The van der Waals surface area contributed by atoms with Gasteiger partial charge in [-0.1, -0.05) is 31.0 Å². The fraction of sp³-hybridized carbons (Fsp3) is 0.211. The summed E-state index contributed by atoms with van der Waals surface area (Å²) in [6.07, 6.45) is 3.38. The molecule has 0 atom stereocenters. The van der Waals surface area contributed by atoms with Crippen molar-refractivity contribution < 1.29 is 0 Å². The van der Waals surface area contributed by atoms with E-state index in [1.165, 1.54) is 0 Å². The van der Waals surface area contributed by atoms with Crippen molar-refractivity contribution in [2.75, 3.05) is 5.32 Å². The molecule has 3 rings (SSSR count). The lowest BCUT2D eigenvalue weighted by atomic mass is 10.0. The molecule has 4 nitrogen and oxygen atoms in total. The minimum Gasteiger partial charge on any atom is -0.353 e. The Morgan fingerprint density at radius 2 is 2.08 bits per heavy atom. The quantitative estimate of drug-likeness (QED) is 0.476. The van der Waals surface area contributed by atoms with Crippen LogP contribution in [0.2, 0.25) is 5.15 Å². The molecule has 3 aromatic rings. The smallest absolute Gasteiger partial charge is 0.152 e. The minimum atomic E-state index is 0.431. The number of pyridine rings is 2. The van der Waals surface area contributed by atoms with Gasteiger partial charge in [0.05, 0.1) is 11.2 Å². The number of halogens is 1. The summed E-state index contributed by atoms with van der Waals surface area (Å²) in [4.78, 5) is 8.69. The first-order valence-corrected chi connectivity index (χ1v) is 8.33. The number of aryl methyl sites for hydroxylation is 1. The Balaban J connectivity index is 2.02. The molecule has 2 aromatic heterocycles. The average Bonchev–Trinajstić information content (AvgIpc) is 2.56. The largest absolute Gasteiger partial charge is 0.353 e. The molecular formula is C19H19ClN4. The first kappa shape index (κ1) is 16.4. The molecule has 1 aromatic carbocycles. The summed E-state index contributed by atoms with van der Waals surface area (Å²) in [6.45, 7) is 4.05. The predicted molar refractivity (Wildman–Crippen MR) is 101 cm³/mol. The highest BCUT2D eigenvalue weighted by molar-refractivity contribution is 6.32. The molecule has 0 bridgehead atoms. The van der Waals surface area contributed by atoms with E-state index in [4.69, 9.17) is 17.0 Å². The van der Waals surface area contributed by atoms with Gasteiger partial charge < -0.3 is 10.7 Å². The van der Waals surface area contributed by atoms with Crippen molar-refractivity contribution in [3.8, 4) is 0 Å². The van der Waals surface area contributed by atoms with E-state index in [0.717, 1.165) is 46.4 Å². The normalized spacial score (nSPS) is 10.8. The standard InChI is InChI=1S/C19H19ClN4/c1-3-5-16(21)15-10-12(2)23-18-11-13(7-8-14(15)18)24-17-6-4-9-22-19(17)20/h4,6-11,21,24H,3,5H2,1-2H3. The zero-order valence-corrected chi connectivity index (χ0v) is 14.5. The molecule has 0 aliphatic carbocycles. The zero-order chi connectivity index (χ0) is 17.1. The van der Waals surface area contributed by atoms with E-state index in [0.29, 0.717) is 10.9 Å². The summed E-state index contributed by atoms with van der Waals surface area (Å²) in [5, 5.41) is 13.0. The molecule has 0 aliphatic heterocycles. The molecule has 0 spiro atoms. The Kier molecular flexibility index (Phi) is 4.76. The minimum absolute atomic E-state index is 0.431. The van der Waals surface area contributed by atoms with Gasteiger partial charge in [-0.25, -0.2) is 4.98 Å². The van der Waals surface area contributed by atoms with E-state index >= 15 is 0 Å². The fourth-order valence-electron chi connectivity index (χ4n) is 2.71. The van der Waals surface area contributed by atoms with Crippen LogP contribution >= 0.6 is 11.6 Å². The molecule has 0 aliphatic rings. The van der Waals surface area contributed by atoms with Crippen molar-refractivity contribution >= 4 is 39.6 Å². The van der Waals surface area contributed by atoms with Gasteiger partial charge in [-0.2, -0.15) is 0 Å². The number of anilines is 2. The van der Waals surface area contributed by atoms with Crippen LogP contribution in [0.1, 0.15) is 31.0 Å². The summed E-state index contributed by atoms with van der Waals surface area (Å²) in [6, 6.07) is 11.7. The number of nitrogens with one attached hydrogen (secondary N) is 2. The van der Waals surface area contributed by atoms with Crippen LogP contribution in [-0.2, 0) is 0 Å². The van der Waals surface area contributed by atoms with Gasteiger partial charge in [0.1, 0.15) is 0 Å². The van der Waals surface area contributed by atoms with Crippen molar-refractivity contribution in [1.29, 1.82) is 5.41 Å². The third-order valence-corrected chi connectivity index (χ3v) is 4.10. The molecule has 0 fully saturated rings. The number of rotatable bonds is 5. The maximum atomic E-state index is 8.30. The van der Waals surface area contributed by atoms with Crippen molar-refractivity contribution in [1.82, 2.24) is 9.97 Å². The second-order valence-corrected chi connectivity index (χ2v) is 6.10. The van der Waals surface area contributed by atoms with E-state index < -0.39 is 0 Å². The molecule has 2 heterocycles. The maximum absolute atomic E-state index is 8.30. The number of fused-ring (bicyclic) bond motifs is 1. The summed E-state index contributed by atoms with van der Waals surface area (Å²) >= 11 is 6.10. The number of benzene rings is 1. The number of hydrogen-bond acceptors (Lipinski definition) is 4. The van der Waals surface area contributed by atoms with Crippen LogP contribution in [0, 0.1) is 12.3 Å². The summed E-state index contributed by atoms with van der Waals surface area (Å²) in [7, 11) is 0. The maximum Gasteiger partial charge on any atom is 0.152 e. The van der Waals surface area contributed by atoms with Gasteiger partial charge in [-0.05, 0) is 43.7 Å². The van der Waals surface area contributed by atoms with Crippen LogP contribution in [0.3, 0.4) is 0 Å². The molecule has 0 unspecified atom stereocenters. The number of aromatic nitrogens is 2. The third kappa shape index (κ3) is 3.39. The van der Waals surface area contributed by atoms with Gasteiger partial charge in [0.15, 0.2) is 5.15 Å². The number of nitrogens with zero attached hydrogens (tertiary/aromatic N) is 2. The predicted octanol–water partition coefficient (Wildman–Crippen LogP) is 5.50. The van der Waals surface area contributed by atoms with E-state index in [-0.39, 0.29) is 0 Å². The first-order chi connectivity index (χ1) is 11.6. The van der Waals surface area contributed by atoms with Crippen molar-refractivity contribution in [3.63, 3.8) is 0 Å². The SMILES string of the molecule is CCCC(=N)c1cc(C)nc2cc(Nc3cccnc3Cl)ccc12. The lowest BCUT2D eigenvalue weighted by Gasteiger charge is -2.12. The molecule has 0 amide bonds. The van der Waals surface area contributed by atoms with Crippen molar-refractivity contribution in [2.24, 2.45) is 0 Å². The Bertz CT molecular complexity index is 905. The summed E-state index contributed by atoms with van der Waals surface area (Å²) in [5.74, 6) is 0. The van der Waals surface area contributed by atoms with E-state index in [1.807, 2.05) is 43.3 Å². The molecule has 0 saturated heterocycles. The van der Waals surface area contributed by atoms with Gasteiger partial charge in [0.25, 0.3) is 0 Å². The first-order valence-electron chi connectivity index (χ1n) is 7.95. The molecule has 2 N–H and O–H groups in total.